The molecule has 0 radical (unpaired) electrons. The lowest BCUT2D eigenvalue weighted by molar-refractivity contribution is -0.137. The first-order valence-corrected chi connectivity index (χ1v) is 7.66. The van der Waals surface area contributed by atoms with Gasteiger partial charge in [-0.2, -0.15) is 0 Å². The lowest BCUT2D eigenvalue weighted by Gasteiger charge is -2.13. The number of hydrogen-bond acceptors (Lipinski definition) is 4. The third-order valence-corrected chi connectivity index (χ3v) is 4.01. The van der Waals surface area contributed by atoms with Crippen LogP contribution in [0.2, 0.25) is 0 Å². The van der Waals surface area contributed by atoms with Gasteiger partial charge in [0.2, 0.25) is 5.91 Å². The lowest BCUT2D eigenvalue weighted by Crippen LogP contribution is -2.38. The minimum Gasteiger partial charge on any atom is -0.481 e. The van der Waals surface area contributed by atoms with Crippen molar-refractivity contribution in [3.63, 3.8) is 0 Å². The predicted octanol–water partition coefficient (Wildman–Crippen LogP) is 0.427. The van der Waals surface area contributed by atoms with Gasteiger partial charge in [0.05, 0.1) is 5.75 Å². The lowest BCUT2D eigenvalue weighted by atomic mass is 10.2. The molecule has 0 heterocycles. The molecule has 0 rings (SSSR count). The first-order chi connectivity index (χ1) is 8.12. The molecule has 0 aliphatic rings. The SMILES string of the molecule is CC(C)CS(=O)(=O)CC(=O)NC(C)CCC(=O)O. The average molecular weight is 279 g/mol. The zero-order valence-electron chi connectivity index (χ0n) is 11.0. The Kier molecular flexibility index (Phi) is 6.90. The molecule has 0 aromatic rings. The summed E-state index contributed by atoms with van der Waals surface area (Å²) < 4.78 is 23.1. The summed E-state index contributed by atoms with van der Waals surface area (Å²) in [4.78, 5) is 21.8. The molecule has 1 amide bonds. The molecule has 1 unspecified atom stereocenters. The van der Waals surface area contributed by atoms with Gasteiger partial charge in [-0.1, -0.05) is 13.8 Å². The van der Waals surface area contributed by atoms with E-state index in [4.69, 9.17) is 5.11 Å². The molecule has 1 atom stereocenters. The van der Waals surface area contributed by atoms with Gasteiger partial charge in [-0.3, -0.25) is 9.59 Å². The second kappa shape index (κ2) is 7.35. The van der Waals surface area contributed by atoms with E-state index in [1.165, 1.54) is 0 Å². The van der Waals surface area contributed by atoms with Crippen LogP contribution in [-0.2, 0) is 19.4 Å². The third kappa shape index (κ3) is 8.98. The van der Waals surface area contributed by atoms with E-state index in [0.29, 0.717) is 0 Å². The van der Waals surface area contributed by atoms with Crippen molar-refractivity contribution < 1.29 is 23.1 Å². The number of nitrogens with one attached hydrogen (secondary N) is 1. The van der Waals surface area contributed by atoms with Crippen molar-refractivity contribution in [1.82, 2.24) is 5.32 Å². The quantitative estimate of drug-likeness (QED) is 0.671. The minimum atomic E-state index is -3.39. The molecular weight excluding hydrogens is 258 g/mol. The third-order valence-electron chi connectivity index (χ3n) is 2.14. The molecule has 0 spiro atoms. The summed E-state index contributed by atoms with van der Waals surface area (Å²) in [5.41, 5.74) is 0. The molecule has 0 aromatic carbocycles. The molecule has 0 aromatic heterocycles. The molecule has 0 aliphatic heterocycles. The molecule has 0 fully saturated rings. The van der Waals surface area contributed by atoms with Crippen LogP contribution in [0.4, 0.5) is 0 Å². The normalized spacial score (nSPS) is 13.3. The van der Waals surface area contributed by atoms with E-state index in [9.17, 15) is 18.0 Å². The second-order valence-corrected chi connectivity index (χ2v) is 6.96. The summed E-state index contributed by atoms with van der Waals surface area (Å²) in [5, 5.41) is 11.0. The fourth-order valence-corrected chi connectivity index (χ4v) is 3.11. The van der Waals surface area contributed by atoms with Gasteiger partial charge >= 0.3 is 5.97 Å². The highest BCUT2D eigenvalue weighted by atomic mass is 32.2. The van der Waals surface area contributed by atoms with Gasteiger partial charge in [0.15, 0.2) is 9.84 Å². The Morgan fingerprint density at radius 1 is 1.22 bits per heavy atom. The van der Waals surface area contributed by atoms with Crippen LogP contribution in [0.15, 0.2) is 0 Å². The number of rotatable bonds is 8. The van der Waals surface area contributed by atoms with Crippen molar-refractivity contribution in [2.24, 2.45) is 5.92 Å². The van der Waals surface area contributed by atoms with Crippen LogP contribution in [0.3, 0.4) is 0 Å². The van der Waals surface area contributed by atoms with E-state index in [1.54, 1.807) is 20.8 Å². The van der Waals surface area contributed by atoms with Crippen molar-refractivity contribution in [2.45, 2.75) is 39.7 Å². The van der Waals surface area contributed by atoms with E-state index in [-0.39, 0.29) is 30.6 Å². The number of hydrogen-bond donors (Lipinski definition) is 2. The maximum atomic E-state index is 11.5. The largest absolute Gasteiger partial charge is 0.481 e. The van der Waals surface area contributed by atoms with Gasteiger partial charge in [0.25, 0.3) is 0 Å². The second-order valence-electron chi connectivity index (χ2n) is 4.85. The molecule has 2 N–H and O–H groups in total. The van der Waals surface area contributed by atoms with Crippen LogP contribution in [0.25, 0.3) is 0 Å². The summed E-state index contributed by atoms with van der Waals surface area (Å²) in [6, 6.07) is -0.345. The summed E-state index contributed by atoms with van der Waals surface area (Å²) in [5.74, 6) is -2.10. The fourth-order valence-electron chi connectivity index (χ4n) is 1.50. The van der Waals surface area contributed by atoms with Crippen molar-refractivity contribution in [2.75, 3.05) is 11.5 Å². The topological polar surface area (TPSA) is 101 Å². The van der Waals surface area contributed by atoms with Crippen LogP contribution in [0.5, 0.6) is 0 Å². The molecule has 18 heavy (non-hydrogen) atoms. The Balaban J connectivity index is 4.14. The number of amides is 1. The summed E-state index contributed by atoms with van der Waals surface area (Å²) in [6.45, 7) is 5.19. The van der Waals surface area contributed by atoms with Crippen molar-refractivity contribution >= 4 is 21.7 Å². The maximum Gasteiger partial charge on any atom is 0.303 e. The fraction of sp³-hybridized carbons (Fsp3) is 0.818. The van der Waals surface area contributed by atoms with E-state index < -0.39 is 27.5 Å². The molecule has 0 saturated carbocycles. The number of sulfone groups is 1. The Morgan fingerprint density at radius 3 is 2.22 bits per heavy atom. The summed E-state index contributed by atoms with van der Waals surface area (Å²) in [7, 11) is -3.39. The van der Waals surface area contributed by atoms with Crippen LogP contribution in [-0.4, -0.2) is 42.9 Å². The Morgan fingerprint density at radius 2 is 1.78 bits per heavy atom. The zero-order valence-corrected chi connectivity index (χ0v) is 11.8. The highest BCUT2D eigenvalue weighted by Gasteiger charge is 2.19. The monoisotopic (exact) mass is 279 g/mol. The number of carbonyl (C=O) groups is 2. The Hall–Kier alpha value is -1.11. The number of aliphatic carboxylic acids is 1. The van der Waals surface area contributed by atoms with Crippen LogP contribution >= 0.6 is 0 Å². The molecule has 7 heteroatoms. The van der Waals surface area contributed by atoms with Gasteiger partial charge in [0.1, 0.15) is 5.75 Å². The van der Waals surface area contributed by atoms with E-state index >= 15 is 0 Å². The van der Waals surface area contributed by atoms with Gasteiger partial charge < -0.3 is 10.4 Å². The van der Waals surface area contributed by atoms with Crippen molar-refractivity contribution in [1.29, 1.82) is 0 Å². The number of carbonyl (C=O) groups excluding carboxylic acids is 1. The zero-order chi connectivity index (χ0) is 14.3. The highest BCUT2D eigenvalue weighted by Crippen LogP contribution is 2.02. The molecule has 0 saturated heterocycles. The summed E-state index contributed by atoms with van der Waals surface area (Å²) >= 11 is 0. The summed E-state index contributed by atoms with van der Waals surface area (Å²) in [6.07, 6.45) is 0.228. The predicted molar refractivity (Wildman–Crippen MR) is 68.0 cm³/mol. The van der Waals surface area contributed by atoms with Gasteiger partial charge in [-0.15, -0.1) is 0 Å². The van der Waals surface area contributed by atoms with Gasteiger partial charge in [-0.05, 0) is 19.3 Å². The van der Waals surface area contributed by atoms with E-state index in [1.807, 2.05) is 0 Å². The first kappa shape index (κ1) is 16.9. The molecular formula is C11H21NO5S. The molecule has 0 bridgehead atoms. The van der Waals surface area contributed by atoms with E-state index in [0.717, 1.165) is 0 Å². The minimum absolute atomic E-state index is 0.0211. The molecule has 0 aliphatic carbocycles. The average Bonchev–Trinajstić information content (AvgIpc) is 2.10. The number of carboxylic acid groups (broad SMARTS) is 1. The highest BCUT2D eigenvalue weighted by molar-refractivity contribution is 7.92. The van der Waals surface area contributed by atoms with Crippen LogP contribution in [0.1, 0.15) is 33.6 Å². The smallest absolute Gasteiger partial charge is 0.303 e. The molecule has 6 nitrogen and oxygen atoms in total. The Labute approximate surface area is 108 Å². The van der Waals surface area contributed by atoms with Crippen LogP contribution in [0, 0.1) is 5.92 Å². The van der Waals surface area contributed by atoms with Crippen LogP contribution < -0.4 is 5.32 Å². The maximum absolute atomic E-state index is 11.5. The molecule has 106 valence electrons. The van der Waals surface area contributed by atoms with E-state index in [2.05, 4.69) is 5.32 Å². The van der Waals surface area contributed by atoms with Gasteiger partial charge in [0, 0.05) is 12.5 Å². The van der Waals surface area contributed by atoms with Crippen molar-refractivity contribution in [3.8, 4) is 0 Å². The van der Waals surface area contributed by atoms with Gasteiger partial charge in [-0.25, -0.2) is 8.42 Å². The standard InChI is InChI=1S/C11H21NO5S/c1-8(2)6-18(16,17)7-10(13)12-9(3)4-5-11(14)15/h8-9H,4-7H2,1-3H3,(H,12,13)(H,14,15). The number of carboxylic acids is 1. The first-order valence-electron chi connectivity index (χ1n) is 5.84. The van der Waals surface area contributed by atoms with Crippen molar-refractivity contribution in [3.05, 3.63) is 0 Å². The Bertz CT molecular complexity index is 388.